The van der Waals surface area contributed by atoms with Crippen LogP contribution in [0.15, 0.2) is 42.6 Å². The van der Waals surface area contributed by atoms with Crippen molar-refractivity contribution in [3.8, 4) is 16.9 Å². The predicted octanol–water partition coefficient (Wildman–Crippen LogP) is 5.48. The van der Waals surface area contributed by atoms with Crippen molar-refractivity contribution >= 4 is 22.6 Å². The van der Waals surface area contributed by atoms with Gasteiger partial charge in [-0.2, -0.15) is 0 Å². The minimum absolute atomic E-state index is 0.227. The van der Waals surface area contributed by atoms with Gasteiger partial charge in [0, 0.05) is 23.7 Å². The molecule has 29 heavy (non-hydrogen) atoms. The number of carbonyl (C=O) groups excluding carboxylic acids is 1. The molecule has 0 fully saturated rings. The number of ether oxygens (including phenoxy) is 2. The van der Waals surface area contributed by atoms with E-state index in [0.717, 1.165) is 46.2 Å². The Bertz CT molecular complexity index is 962. The number of nitrogen functional groups attached to an aromatic ring is 1. The zero-order chi connectivity index (χ0) is 20.6. The van der Waals surface area contributed by atoms with Crippen molar-refractivity contribution in [2.24, 2.45) is 0 Å². The molecule has 154 valence electrons. The summed E-state index contributed by atoms with van der Waals surface area (Å²) < 4.78 is 10.9. The van der Waals surface area contributed by atoms with E-state index in [0.29, 0.717) is 25.1 Å². The number of aromatic nitrogens is 1. The van der Waals surface area contributed by atoms with Gasteiger partial charge in [-0.25, -0.2) is 0 Å². The molecule has 0 aliphatic heterocycles. The minimum Gasteiger partial charge on any atom is -0.491 e. The molecular weight excluding hydrogens is 364 g/mol. The molecule has 5 heteroatoms. The molecular formula is C24H30N2O3. The Morgan fingerprint density at radius 2 is 1.97 bits per heavy atom. The summed E-state index contributed by atoms with van der Waals surface area (Å²) in [6.07, 6.45) is 7.39. The summed E-state index contributed by atoms with van der Waals surface area (Å²) in [5.41, 5.74) is 11.1. The third-order valence-corrected chi connectivity index (χ3v) is 5.13. The molecule has 3 rings (SSSR count). The first-order chi connectivity index (χ1) is 14.1. The van der Waals surface area contributed by atoms with Crippen LogP contribution in [0.25, 0.3) is 22.0 Å². The van der Waals surface area contributed by atoms with Gasteiger partial charge >= 0.3 is 5.97 Å². The van der Waals surface area contributed by atoms with E-state index in [1.54, 1.807) is 0 Å². The Morgan fingerprint density at radius 3 is 2.76 bits per heavy atom. The van der Waals surface area contributed by atoms with Crippen LogP contribution in [0.3, 0.4) is 0 Å². The first-order valence-electron chi connectivity index (χ1n) is 10.3. The third kappa shape index (κ3) is 5.31. The Labute approximate surface area is 172 Å². The van der Waals surface area contributed by atoms with Crippen LogP contribution in [0, 0.1) is 0 Å². The van der Waals surface area contributed by atoms with Crippen LogP contribution < -0.4 is 10.5 Å². The molecule has 0 atom stereocenters. The van der Waals surface area contributed by atoms with E-state index in [1.807, 2.05) is 12.3 Å². The molecule has 0 amide bonds. The second kappa shape index (κ2) is 10.0. The number of hydrogen-bond donors (Lipinski definition) is 2. The van der Waals surface area contributed by atoms with E-state index in [1.165, 1.54) is 20.0 Å². The maximum atomic E-state index is 11.6. The zero-order valence-electron chi connectivity index (χ0n) is 17.3. The number of methoxy groups -OCH3 is 1. The van der Waals surface area contributed by atoms with Crippen LogP contribution in [-0.2, 0) is 16.0 Å². The normalized spacial score (nSPS) is 11.0. The number of benzene rings is 2. The van der Waals surface area contributed by atoms with E-state index < -0.39 is 0 Å². The van der Waals surface area contributed by atoms with Crippen molar-refractivity contribution in [1.82, 2.24) is 4.98 Å². The van der Waals surface area contributed by atoms with Gasteiger partial charge in [0.25, 0.3) is 0 Å². The van der Waals surface area contributed by atoms with Gasteiger partial charge < -0.3 is 20.2 Å². The van der Waals surface area contributed by atoms with Crippen molar-refractivity contribution < 1.29 is 14.3 Å². The lowest BCUT2D eigenvalue weighted by Gasteiger charge is -2.16. The number of esters is 1. The van der Waals surface area contributed by atoms with Gasteiger partial charge in [-0.1, -0.05) is 32.3 Å². The van der Waals surface area contributed by atoms with Crippen molar-refractivity contribution in [1.29, 1.82) is 0 Å². The van der Waals surface area contributed by atoms with E-state index in [-0.39, 0.29) is 5.97 Å². The maximum absolute atomic E-state index is 11.6. The van der Waals surface area contributed by atoms with Crippen molar-refractivity contribution in [3.63, 3.8) is 0 Å². The molecule has 0 aliphatic carbocycles. The molecule has 0 bridgehead atoms. The number of nitrogens with two attached hydrogens (primary N) is 1. The standard InChI is InChI=1S/C24H30N2O3/c1-3-4-5-6-13-29-24-20(18-8-9-22-19(16-18)11-12-26-22)14-17(15-21(24)25)7-10-23(27)28-2/h8-9,11-12,14-16,26H,3-7,10,13,25H2,1-2H3. The monoisotopic (exact) mass is 394 g/mol. The molecule has 0 saturated carbocycles. The minimum atomic E-state index is -0.227. The molecule has 0 radical (unpaired) electrons. The van der Waals surface area contributed by atoms with E-state index >= 15 is 0 Å². The van der Waals surface area contributed by atoms with Gasteiger partial charge in [-0.05, 0) is 59.7 Å². The van der Waals surface area contributed by atoms with Crippen LogP contribution >= 0.6 is 0 Å². The Hall–Kier alpha value is -2.95. The summed E-state index contributed by atoms with van der Waals surface area (Å²) in [4.78, 5) is 14.8. The van der Waals surface area contributed by atoms with Crippen molar-refractivity contribution in [2.45, 2.75) is 45.4 Å². The molecule has 1 heterocycles. The quantitative estimate of drug-likeness (QED) is 0.271. The average Bonchev–Trinajstić information content (AvgIpc) is 3.20. The number of H-pyrrole nitrogens is 1. The lowest BCUT2D eigenvalue weighted by Crippen LogP contribution is -2.05. The fourth-order valence-corrected chi connectivity index (χ4v) is 3.51. The highest BCUT2D eigenvalue weighted by atomic mass is 16.5. The average molecular weight is 395 g/mol. The zero-order valence-corrected chi connectivity index (χ0v) is 17.3. The number of unbranched alkanes of at least 4 members (excludes halogenated alkanes) is 3. The second-order valence-electron chi connectivity index (χ2n) is 7.33. The van der Waals surface area contributed by atoms with Gasteiger partial charge in [-0.3, -0.25) is 4.79 Å². The molecule has 2 aromatic carbocycles. The molecule has 0 saturated heterocycles. The first kappa shape index (κ1) is 20.8. The number of hydrogen-bond acceptors (Lipinski definition) is 4. The van der Waals surface area contributed by atoms with Crippen molar-refractivity contribution in [3.05, 3.63) is 48.2 Å². The number of nitrogens with one attached hydrogen (secondary N) is 1. The largest absolute Gasteiger partial charge is 0.491 e. The number of aromatic amines is 1. The lowest BCUT2D eigenvalue weighted by molar-refractivity contribution is -0.140. The third-order valence-electron chi connectivity index (χ3n) is 5.13. The van der Waals surface area contributed by atoms with Crippen LogP contribution in [0.5, 0.6) is 5.75 Å². The molecule has 0 aliphatic rings. The number of carbonyl (C=O) groups is 1. The number of rotatable bonds is 10. The highest BCUT2D eigenvalue weighted by molar-refractivity contribution is 5.88. The number of fused-ring (bicyclic) bond motifs is 1. The Morgan fingerprint density at radius 1 is 1.10 bits per heavy atom. The summed E-state index contributed by atoms with van der Waals surface area (Å²) in [6, 6.07) is 12.3. The fourth-order valence-electron chi connectivity index (χ4n) is 3.51. The molecule has 1 aromatic heterocycles. The van der Waals surface area contributed by atoms with Gasteiger partial charge in [0.2, 0.25) is 0 Å². The summed E-state index contributed by atoms with van der Waals surface area (Å²) in [5.74, 6) is 0.494. The summed E-state index contributed by atoms with van der Waals surface area (Å²) in [6.45, 7) is 2.84. The number of anilines is 1. The predicted molar refractivity (Wildman–Crippen MR) is 118 cm³/mol. The fraction of sp³-hybridized carbons (Fsp3) is 0.375. The first-order valence-corrected chi connectivity index (χ1v) is 10.3. The van der Waals surface area contributed by atoms with Gasteiger partial charge in [0.15, 0.2) is 0 Å². The van der Waals surface area contributed by atoms with Gasteiger partial charge in [0.05, 0.1) is 19.4 Å². The van der Waals surface area contributed by atoms with Crippen LogP contribution in [0.4, 0.5) is 5.69 Å². The van der Waals surface area contributed by atoms with Crippen molar-refractivity contribution in [2.75, 3.05) is 19.5 Å². The topological polar surface area (TPSA) is 77.3 Å². The van der Waals surface area contributed by atoms with Crippen LogP contribution in [-0.4, -0.2) is 24.7 Å². The van der Waals surface area contributed by atoms with Crippen LogP contribution in [0.2, 0.25) is 0 Å². The highest BCUT2D eigenvalue weighted by Crippen LogP contribution is 2.38. The molecule has 5 nitrogen and oxygen atoms in total. The summed E-state index contributed by atoms with van der Waals surface area (Å²) in [5, 5.41) is 1.13. The molecule has 3 aromatic rings. The van der Waals surface area contributed by atoms with Crippen LogP contribution in [0.1, 0.15) is 44.6 Å². The molecule has 0 spiro atoms. The van der Waals surface area contributed by atoms with E-state index in [9.17, 15) is 4.79 Å². The highest BCUT2D eigenvalue weighted by Gasteiger charge is 2.14. The van der Waals surface area contributed by atoms with Gasteiger partial charge in [-0.15, -0.1) is 0 Å². The lowest BCUT2D eigenvalue weighted by atomic mass is 9.97. The van der Waals surface area contributed by atoms with E-state index in [4.69, 9.17) is 15.2 Å². The summed E-state index contributed by atoms with van der Waals surface area (Å²) >= 11 is 0. The van der Waals surface area contributed by atoms with E-state index in [2.05, 4.69) is 42.2 Å². The summed E-state index contributed by atoms with van der Waals surface area (Å²) in [7, 11) is 1.41. The SMILES string of the molecule is CCCCCCOc1c(N)cc(CCC(=O)OC)cc1-c1ccc2[nH]ccc2c1. The Balaban J connectivity index is 1.91. The second-order valence-corrected chi connectivity index (χ2v) is 7.33. The molecule has 0 unspecified atom stereocenters. The van der Waals surface area contributed by atoms with Gasteiger partial charge in [0.1, 0.15) is 5.75 Å². The molecule has 3 N–H and O–H groups in total. The Kier molecular flexibility index (Phi) is 7.17. The maximum Gasteiger partial charge on any atom is 0.305 e. The smallest absolute Gasteiger partial charge is 0.305 e. The number of aryl methyl sites for hydroxylation is 1.